The van der Waals surface area contributed by atoms with E-state index >= 15 is 0 Å². The van der Waals surface area contributed by atoms with E-state index in [1.54, 1.807) is 0 Å². The van der Waals surface area contributed by atoms with Gasteiger partial charge in [-0.15, -0.1) is 12.4 Å². The normalized spacial score (nSPS) is 22.8. The number of fused-ring (bicyclic) bond motifs is 3. The van der Waals surface area contributed by atoms with Crippen LogP contribution in [0, 0.1) is 5.92 Å². The molecule has 3 aliphatic rings. The number of nitrogens with zero attached hydrogens (tertiary/aromatic N) is 2. The number of halogens is 2. The third-order valence-corrected chi connectivity index (χ3v) is 6.02. The van der Waals surface area contributed by atoms with Crippen LogP contribution in [0.15, 0.2) is 51.7 Å². The van der Waals surface area contributed by atoms with Crippen LogP contribution in [0.5, 0.6) is 5.75 Å². The molecule has 3 heterocycles. The SMILES string of the molecule is Cl.ClC1=CCNc2c3c([nH]c2=C1)=C([C@H]1CC[C@H](Oc2ccccc2)CC1)N=NC3. The first kappa shape index (κ1) is 20.0. The van der Waals surface area contributed by atoms with Gasteiger partial charge in [-0.05, 0) is 50.0 Å². The molecule has 1 aromatic heterocycles. The van der Waals surface area contributed by atoms with Gasteiger partial charge in [0.2, 0.25) is 0 Å². The fourth-order valence-corrected chi connectivity index (χ4v) is 4.54. The lowest BCUT2D eigenvalue weighted by Gasteiger charge is -2.29. The van der Waals surface area contributed by atoms with Gasteiger partial charge < -0.3 is 15.0 Å². The molecule has 0 bridgehead atoms. The molecule has 5 rings (SSSR count). The number of benzene rings is 1. The number of aromatic nitrogens is 1. The molecule has 0 unspecified atom stereocenters. The van der Waals surface area contributed by atoms with E-state index < -0.39 is 0 Å². The van der Waals surface area contributed by atoms with Gasteiger partial charge in [0.05, 0.1) is 34.7 Å². The molecule has 29 heavy (non-hydrogen) atoms. The summed E-state index contributed by atoms with van der Waals surface area (Å²) < 4.78 is 6.15. The first-order chi connectivity index (χ1) is 13.8. The largest absolute Gasteiger partial charge is 0.490 e. The second-order valence-corrected chi connectivity index (χ2v) is 8.01. The number of aromatic amines is 1. The lowest BCUT2D eigenvalue weighted by atomic mass is 9.84. The highest BCUT2D eigenvalue weighted by atomic mass is 35.5. The van der Waals surface area contributed by atoms with Crippen LogP contribution < -0.4 is 20.8 Å². The molecule has 2 aromatic rings. The van der Waals surface area contributed by atoms with Gasteiger partial charge in [0.15, 0.2) is 0 Å². The number of anilines is 1. The fraction of sp³-hybridized carbons (Fsp3) is 0.364. The van der Waals surface area contributed by atoms with Crippen LogP contribution >= 0.6 is 24.0 Å². The Kier molecular flexibility index (Phi) is 5.97. The lowest BCUT2D eigenvalue weighted by Crippen LogP contribution is -2.28. The first-order valence-corrected chi connectivity index (χ1v) is 10.3. The zero-order valence-corrected chi connectivity index (χ0v) is 17.6. The zero-order chi connectivity index (χ0) is 18.9. The number of hydrogen-bond donors (Lipinski definition) is 2. The molecule has 0 amide bonds. The molecule has 152 valence electrons. The minimum Gasteiger partial charge on any atom is -0.490 e. The Labute approximate surface area is 181 Å². The summed E-state index contributed by atoms with van der Waals surface area (Å²) >= 11 is 6.26. The van der Waals surface area contributed by atoms with Crippen molar-refractivity contribution in [2.75, 3.05) is 11.9 Å². The Morgan fingerprint density at radius 1 is 1.07 bits per heavy atom. The van der Waals surface area contributed by atoms with E-state index in [4.69, 9.17) is 16.3 Å². The second kappa shape index (κ2) is 8.64. The number of nitrogens with one attached hydrogen (secondary N) is 2. The number of ether oxygens (including phenoxy) is 1. The third-order valence-electron chi connectivity index (χ3n) is 5.76. The monoisotopic (exact) mass is 430 g/mol. The fourth-order valence-electron chi connectivity index (χ4n) is 4.36. The summed E-state index contributed by atoms with van der Waals surface area (Å²) in [4.78, 5) is 3.56. The maximum Gasteiger partial charge on any atom is 0.119 e. The smallest absolute Gasteiger partial charge is 0.119 e. The summed E-state index contributed by atoms with van der Waals surface area (Å²) in [6, 6.07) is 10.1. The van der Waals surface area contributed by atoms with Crippen molar-refractivity contribution >= 4 is 41.5 Å². The van der Waals surface area contributed by atoms with E-state index in [1.807, 2.05) is 42.5 Å². The Hall–Kier alpha value is -2.24. The minimum absolute atomic E-state index is 0. The summed E-state index contributed by atoms with van der Waals surface area (Å²) in [5, 5.41) is 15.4. The van der Waals surface area contributed by atoms with E-state index in [1.165, 1.54) is 5.56 Å². The predicted molar refractivity (Wildman–Crippen MR) is 119 cm³/mol. The van der Waals surface area contributed by atoms with Gasteiger partial charge in [-0.3, -0.25) is 0 Å². The van der Waals surface area contributed by atoms with Crippen molar-refractivity contribution < 1.29 is 4.74 Å². The molecular weight excluding hydrogens is 407 g/mol. The zero-order valence-electron chi connectivity index (χ0n) is 16.0. The number of rotatable bonds is 3. The molecule has 0 atom stereocenters. The van der Waals surface area contributed by atoms with E-state index in [0.717, 1.165) is 65.1 Å². The summed E-state index contributed by atoms with van der Waals surface area (Å²) in [5.41, 5.74) is 3.40. The molecule has 0 spiro atoms. The Balaban J connectivity index is 0.00000205. The van der Waals surface area contributed by atoms with Crippen molar-refractivity contribution in [1.29, 1.82) is 0 Å². The number of H-pyrrole nitrogens is 1. The van der Waals surface area contributed by atoms with Crippen molar-refractivity contribution in [3.63, 3.8) is 0 Å². The van der Waals surface area contributed by atoms with Gasteiger partial charge in [0.25, 0.3) is 0 Å². The Morgan fingerprint density at radius 2 is 1.86 bits per heavy atom. The van der Waals surface area contributed by atoms with Crippen LogP contribution in [0.3, 0.4) is 0 Å². The van der Waals surface area contributed by atoms with Crippen LogP contribution in [0.1, 0.15) is 31.2 Å². The van der Waals surface area contributed by atoms with Gasteiger partial charge in [-0.25, -0.2) is 0 Å². The predicted octanol–water partition coefficient (Wildman–Crippen LogP) is 4.48. The average molecular weight is 431 g/mol. The molecule has 5 nitrogen and oxygen atoms in total. The maximum absolute atomic E-state index is 6.26. The van der Waals surface area contributed by atoms with E-state index in [-0.39, 0.29) is 18.5 Å². The van der Waals surface area contributed by atoms with Gasteiger partial charge in [0.1, 0.15) is 5.75 Å². The summed E-state index contributed by atoms with van der Waals surface area (Å²) in [5.74, 6) is 1.37. The Morgan fingerprint density at radius 3 is 2.66 bits per heavy atom. The van der Waals surface area contributed by atoms with Crippen molar-refractivity contribution in [3.8, 4) is 5.75 Å². The number of allylic oxidation sites excluding steroid dienone is 1. The van der Waals surface area contributed by atoms with Gasteiger partial charge in [-0.1, -0.05) is 29.8 Å². The number of para-hydroxylation sites is 1. The summed E-state index contributed by atoms with van der Waals surface area (Å²) in [6.07, 6.45) is 8.43. The van der Waals surface area contributed by atoms with Gasteiger partial charge >= 0.3 is 0 Å². The van der Waals surface area contributed by atoms with E-state index in [0.29, 0.717) is 12.5 Å². The van der Waals surface area contributed by atoms with Gasteiger partial charge in [0, 0.05) is 23.1 Å². The second-order valence-electron chi connectivity index (χ2n) is 7.57. The van der Waals surface area contributed by atoms with Crippen molar-refractivity contribution in [3.05, 3.63) is 57.7 Å². The van der Waals surface area contributed by atoms with Crippen molar-refractivity contribution in [1.82, 2.24) is 4.98 Å². The molecule has 1 aliphatic carbocycles. The van der Waals surface area contributed by atoms with Crippen molar-refractivity contribution in [2.24, 2.45) is 16.1 Å². The topological polar surface area (TPSA) is 61.8 Å². The third kappa shape index (κ3) is 4.07. The van der Waals surface area contributed by atoms with E-state index in [2.05, 4.69) is 20.5 Å². The molecule has 1 saturated carbocycles. The summed E-state index contributed by atoms with van der Waals surface area (Å²) in [7, 11) is 0. The lowest BCUT2D eigenvalue weighted by molar-refractivity contribution is 0.142. The van der Waals surface area contributed by atoms with Crippen molar-refractivity contribution in [2.45, 2.75) is 38.3 Å². The minimum atomic E-state index is 0. The average Bonchev–Trinajstić information content (AvgIpc) is 2.95. The molecule has 1 aromatic carbocycles. The number of hydrogen-bond acceptors (Lipinski definition) is 4. The summed E-state index contributed by atoms with van der Waals surface area (Å²) in [6.45, 7) is 1.33. The van der Waals surface area contributed by atoms with E-state index in [9.17, 15) is 0 Å². The van der Waals surface area contributed by atoms with Gasteiger partial charge in [-0.2, -0.15) is 10.2 Å². The molecule has 2 aliphatic heterocycles. The highest BCUT2D eigenvalue weighted by Gasteiger charge is 2.28. The molecule has 0 saturated heterocycles. The number of azo groups is 1. The highest BCUT2D eigenvalue weighted by molar-refractivity contribution is 6.34. The Bertz CT molecular complexity index is 1050. The van der Waals surface area contributed by atoms with Crippen LogP contribution in [0.25, 0.3) is 11.8 Å². The maximum atomic E-state index is 6.26. The molecular formula is C22H24Cl2N4O. The van der Waals surface area contributed by atoms with Crippen LogP contribution in [-0.2, 0) is 6.54 Å². The standard InChI is InChI=1S/C22H23ClN4O.ClH/c23-15-10-11-24-21-18-13-25-27-20(22(18)26-19(21)12-15)14-6-8-17(9-7-14)28-16-4-2-1-3-5-16;/h1-5,10,12,14,17,24,26H,6-9,11,13H2;1H/t14-,17-;. The molecule has 2 N–H and O–H groups in total. The van der Waals surface area contributed by atoms with Crippen LogP contribution in [-0.4, -0.2) is 17.6 Å². The highest BCUT2D eigenvalue weighted by Crippen LogP contribution is 2.34. The molecule has 7 heteroatoms. The molecule has 1 fully saturated rings. The molecule has 0 radical (unpaired) electrons. The first-order valence-electron chi connectivity index (χ1n) is 9.93. The quantitative estimate of drug-likeness (QED) is 0.753. The van der Waals surface area contributed by atoms with Crippen LogP contribution in [0.2, 0.25) is 0 Å². The van der Waals surface area contributed by atoms with Crippen LogP contribution in [0.4, 0.5) is 5.69 Å².